The van der Waals surface area contributed by atoms with Gasteiger partial charge in [-0.15, -0.1) is 0 Å². The highest BCUT2D eigenvalue weighted by atomic mass is 32.1. The molecule has 1 aliphatic heterocycles. The van der Waals surface area contributed by atoms with Crippen molar-refractivity contribution in [1.29, 1.82) is 0 Å². The summed E-state index contributed by atoms with van der Waals surface area (Å²) in [5.41, 5.74) is 6.02. The van der Waals surface area contributed by atoms with E-state index in [1.165, 1.54) is 5.56 Å². The Hall–Kier alpha value is -3.44. The van der Waals surface area contributed by atoms with Gasteiger partial charge >= 0.3 is 0 Å². The number of anilines is 1. The average molecular weight is 455 g/mol. The number of aromatic nitrogens is 1. The summed E-state index contributed by atoms with van der Waals surface area (Å²) >= 11 is 5.58. The molecule has 3 aromatic carbocycles. The van der Waals surface area contributed by atoms with Crippen LogP contribution in [-0.2, 0) is 18.6 Å². The smallest absolute Gasteiger partial charge is 0.130 e. The zero-order valence-corrected chi connectivity index (χ0v) is 19.8. The Labute approximate surface area is 199 Å². The van der Waals surface area contributed by atoms with E-state index < -0.39 is 0 Å². The maximum Gasteiger partial charge on any atom is 0.130 e. The summed E-state index contributed by atoms with van der Waals surface area (Å²) < 4.78 is 12.3. The van der Waals surface area contributed by atoms with Gasteiger partial charge in [0.1, 0.15) is 24.7 Å². The molecule has 0 aliphatic carbocycles. The van der Waals surface area contributed by atoms with Crippen LogP contribution in [-0.4, -0.2) is 9.97 Å². The third kappa shape index (κ3) is 4.16. The topological polar surface area (TPSA) is 43.4 Å². The van der Waals surface area contributed by atoms with Crippen molar-refractivity contribution in [2.75, 3.05) is 5.32 Å². The van der Waals surface area contributed by atoms with Gasteiger partial charge in [0.15, 0.2) is 0 Å². The fourth-order valence-corrected chi connectivity index (χ4v) is 4.41. The van der Waals surface area contributed by atoms with E-state index in [-0.39, 0.29) is 5.41 Å². The molecule has 2 heterocycles. The largest absolute Gasteiger partial charge is 0.489 e. The third-order valence-electron chi connectivity index (χ3n) is 6.14. The molecule has 5 heteroatoms. The van der Waals surface area contributed by atoms with Gasteiger partial charge in [0, 0.05) is 22.1 Å². The summed E-state index contributed by atoms with van der Waals surface area (Å²) in [4.78, 5) is 5.51. The van der Waals surface area contributed by atoms with Gasteiger partial charge in [0.25, 0.3) is 0 Å². The van der Waals surface area contributed by atoms with Crippen LogP contribution >= 0.6 is 12.2 Å². The van der Waals surface area contributed by atoms with Crippen LogP contribution in [0, 0.1) is 6.92 Å². The van der Waals surface area contributed by atoms with Gasteiger partial charge < -0.3 is 14.8 Å². The summed E-state index contributed by atoms with van der Waals surface area (Å²) in [5, 5.41) is 4.50. The highest BCUT2D eigenvalue weighted by Gasteiger charge is 2.38. The fraction of sp³-hybridized carbons (Fsp3) is 0.214. The summed E-state index contributed by atoms with van der Waals surface area (Å²) in [6, 6.07) is 24.3. The molecule has 166 valence electrons. The predicted molar refractivity (Wildman–Crippen MR) is 137 cm³/mol. The number of thiocarbonyl (C=S) groups is 1. The van der Waals surface area contributed by atoms with Crippen molar-refractivity contribution in [3.8, 4) is 11.5 Å². The first-order valence-electron chi connectivity index (χ1n) is 11.1. The molecule has 33 heavy (non-hydrogen) atoms. The molecule has 0 saturated carbocycles. The summed E-state index contributed by atoms with van der Waals surface area (Å²) in [5.74, 6) is 1.66. The number of fused-ring (bicyclic) bond motifs is 2. The second-order valence-electron chi connectivity index (χ2n) is 8.93. The number of hydrogen-bond acceptors (Lipinski definition) is 4. The van der Waals surface area contributed by atoms with Crippen molar-refractivity contribution >= 4 is 33.8 Å². The minimum atomic E-state index is -0.260. The number of ether oxygens (including phenoxy) is 2. The Morgan fingerprint density at radius 1 is 0.909 bits per heavy atom. The molecule has 1 N–H and O–H groups in total. The molecule has 4 nitrogen and oxygen atoms in total. The van der Waals surface area contributed by atoms with Crippen molar-refractivity contribution in [3.05, 3.63) is 95.2 Å². The van der Waals surface area contributed by atoms with Crippen molar-refractivity contribution in [1.82, 2.24) is 4.98 Å². The van der Waals surface area contributed by atoms with E-state index in [1.54, 1.807) is 0 Å². The number of nitrogens with one attached hydrogen (secondary N) is 1. The number of para-hydroxylation sites is 1. The number of hydrogen-bond donors (Lipinski definition) is 1. The van der Waals surface area contributed by atoms with E-state index in [1.807, 2.05) is 54.6 Å². The molecule has 0 fully saturated rings. The maximum absolute atomic E-state index is 6.27. The third-order valence-corrected chi connectivity index (χ3v) is 6.75. The Morgan fingerprint density at radius 3 is 2.64 bits per heavy atom. The van der Waals surface area contributed by atoms with Crippen LogP contribution in [0.1, 0.15) is 36.2 Å². The molecule has 0 saturated heterocycles. The van der Waals surface area contributed by atoms with Crippen LogP contribution < -0.4 is 14.8 Å². The van der Waals surface area contributed by atoms with Gasteiger partial charge in [-0.05, 0) is 62.2 Å². The standard InChI is InChI=1S/C28H26N2O2S/c1-18-11-14-24(25-26(18)30-27(33)28(25,2)3)32-16-19-7-6-9-22(15-19)31-17-21-13-12-20-8-4-5-10-23(20)29-21/h4-15H,16-17H2,1-3H3,(H,30,33). The lowest BCUT2D eigenvalue weighted by Crippen LogP contribution is -2.25. The van der Waals surface area contributed by atoms with Crippen LogP contribution in [0.15, 0.2) is 72.8 Å². The van der Waals surface area contributed by atoms with Gasteiger partial charge in [-0.1, -0.05) is 54.7 Å². The molecule has 0 spiro atoms. The molecule has 0 unspecified atom stereocenters. The number of nitrogens with zero attached hydrogens (tertiary/aromatic N) is 1. The molecule has 5 rings (SSSR count). The monoisotopic (exact) mass is 454 g/mol. The first-order valence-corrected chi connectivity index (χ1v) is 11.5. The van der Waals surface area contributed by atoms with Crippen molar-refractivity contribution < 1.29 is 9.47 Å². The zero-order valence-electron chi connectivity index (χ0n) is 19.0. The number of aryl methyl sites for hydroxylation is 1. The van der Waals surface area contributed by atoms with Gasteiger partial charge in [-0.25, -0.2) is 4.98 Å². The van der Waals surface area contributed by atoms with Crippen molar-refractivity contribution in [3.63, 3.8) is 0 Å². The average Bonchev–Trinajstić information content (AvgIpc) is 3.07. The Balaban J connectivity index is 1.29. The summed E-state index contributed by atoms with van der Waals surface area (Å²) in [6.45, 7) is 7.22. The number of benzene rings is 3. The summed E-state index contributed by atoms with van der Waals surface area (Å²) in [7, 11) is 0. The molecule has 0 amide bonds. The van der Waals surface area contributed by atoms with Crippen LogP contribution in [0.5, 0.6) is 11.5 Å². The van der Waals surface area contributed by atoms with Crippen molar-refractivity contribution in [2.45, 2.75) is 39.4 Å². The fourth-order valence-electron chi connectivity index (χ4n) is 4.20. The molecule has 1 aliphatic rings. The van der Waals surface area contributed by atoms with E-state index in [4.69, 9.17) is 21.7 Å². The van der Waals surface area contributed by atoms with Crippen LogP contribution in [0.3, 0.4) is 0 Å². The van der Waals surface area contributed by atoms with E-state index in [0.29, 0.717) is 13.2 Å². The van der Waals surface area contributed by atoms with Crippen LogP contribution in [0.4, 0.5) is 5.69 Å². The maximum atomic E-state index is 6.27. The van der Waals surface area contributed by atoms with Gasteiger partial charge in [0.05, 0.1) is 16.2 Å². The van der Waals surface area contributed by atoms with Crippen LogP contribution in [0.25, 0.3) is 10.9 Å². The second kappa shape index (κ2) is 8.49. The van der Waals surface area contributed by atoms with Gasteiger partial charge in [-0.3, -0.25) is 0 Å². The minimum Gasteiger partial charge on any atom is -0.489 e. The molecule has 0 bridgehead atoms. The molecular formula is C28H26N2O2S. The summed E-state index contributed by atoms with van der Waals surface area (Å²) in [6.07, 6.45) is 0. The lowest BCUT2D eigenvalue weighted by Gasteiger charge is -2.21. The number of rotatable bonds is 6. The van der Waals surface area contributed by atoms with E-state index in [9.17, 15) is 0 Å². The molecule has 0 radical (unpaired) electrons. The quantitative estimate of drug-likeness (QED) is 0.327. The Kier molecular flexibility index (Phi) is 5.51. The highest BCUT2D eigenvalue weighted by Crippen LogP contribution is 2.45. The first-order chi connectivity index (χ1) is 15.9. The lowest BCUT2D eigenvalue weighted by molar-refractivity contribution is 0.291. The normalized spacial score (nSPS) is 14.1. The number of pyridine rings is 1. The second-order valence-corrected chi connectivity index (χ2v) is 9.34. The van der Waals surface area contributed by atoms with Gasteiger partial charge in [-0.2, -0.15) is 0 Å². The highest BCUT2D eigenvalue weighted by molar-refractivity contribution is 7.80. The molecule has 1 aromatic heterocycles. The first kappa shape index (κ1) is 21.4. The van der Waals surface area contributed by atoms with E-state index in [0.717, 1.165) is 49.9 Å². The SMILES string of the molecule is Cc1ccc(OCc2cccc(OCc3ccc4ccccc4n3)c2)c2c1NC(=S)C2(C)C. The zero-order chi connectivity index (χ0) is 23.0. The lowest BCUT2D eigenvalue weighted by atomic mass is 9.85. The van der Waals surface area contributed by atoms with E-state index in [2.05, 4.69) is 49.3 Å². The predicted octanol–water partition coefficient (Wildman–Crippen LogP) is 6.73. The molecule has 4 aromatic rings. The molecule has 0 atom stereocenters. The Morgan fingerprint density at radius 2 is 1.76 bits per heavy atom. The minimum absolute atomic E-state index is 0.260. The van der Waals surface area contributed by atoms with E-state index >= 15 is 0 Å². The Bertz CT molecular complexity index is 1360. The van der Waals surface area contributed by atoms with Crippen molar-refractivity contribution in [2.24, 2.45) is 0 Å². The molecular weight excluding hydrogens is 428 g/mol. The van der Waals surface area contributed by atoms with Crippen LogP contribution in [0.2, 0.25) is 0 Å². The van der Waals surface area contributed by atoms with Gasteiger partial charge in [0.2, 0.25) is 0 Å².